The number of rotatable bonds is 6. The van der Waals surface area contributed by atoms with Crippen LogP contribution in [-0.2, 0) is 16.0 Å². The first kappa shape index (κ1) is 14.7. The quantitative estimate of drug-likeness (QED) is 0.668. The lowest BCUT2D eigenvalue weighted by molar-refractivity contribution is -0.143. The molecule has 0 fully saturated rings. The summed E-state index contributed by atoms with van der Waals surface area (Å²) in [7, 11) is 0. The van der Waals surface area contributed by atoms with E-state index < -0.39 is 17.9 Å². The van der Waals surface area contributed by atoms with E-state index in [1.165, 1.54) is 6.92 Å². The van der Waals surface area contributed by atoms with Gasteiger partial charge < -0.3 is 19.9 Å². The van der Waals surface area contributed by atoms with Crippen molar-refractivity contribution in [3.05, 3.63) is 22.5 Å². The maximum Gasteiger partial charge on any atom is 0.352 e. The molecule has 0 aromatic carbocycles. The van der Waals surface area contributed by atoms with E-state index >= 15 is 0 Å². The van der Waals surface area contributed by atoms with Crippen molar-refractivity contribution < 1.29 is 29.3 Å². The average Bonchev–Trinajstić information content (AvgIpc) is 2.64. The molecule has 1 aromatic heterocycles. The Balaban J connectivity index is 3.01. The van der Waals surface area contributed by atoms with E-state index in [1.807, 2.05) is 0 Å². The maximum atomic E-state index is 11.3. The number of carboxylic acid groups (broad SMARTS) is 2. The minimum Gasteiger partial charge on any atom is -0.477 e. The van der Waals surface area contributed by atoms with Gasteiger partial charge in [0.25, 0.3) is 0 Å². The summed E-state index contributed by atoms with van der Waals surface area (Å²) >= 11 is 0. The lowest BCUT2D eigenvalue weighted by Crippen LogP contribution is -2.08. The number of hydrogen-bond donors (Lipinski definition) is 3. The summed E-state index contributed by atoms with van der Waals surface area (Å²) < 4.78 is 4.75. The molecule has 19 heavy (non-hydrogen) atoms. The third kappa shape index (κ3) is 3.34. The Labute approximate surface area is 109 Å². The first-order valence-corrected chi connectivity index (χ1v) is 5.72. The van der Waals surface area contributed by atoms with Gasteiger partial charge in [-0.05, 0) is 31.4 Å². The van der Waals surface area contributed by atoms with Gasteiger partial charge in [-0.1, -0.05) is 0 Å². The maximum absolute atomic E-state index is 11.3. The first-order valence-electron chi connectivity index (χ1n) is 5.72. The Morgan fingerprint density at radius 2 is 1.74 bits per heavy atom. The fourth-order valence-electron chi connectivity index (χ4n) is 1.80. The molecule has 0 amide bonds. The second-order valence-corrected chi connectivity index (χ2v) is 3.89. The highest BCUT2D eigenvalue weighted by atomic mass is 16.5. The molecule has 0 radical (unpaired) electrons. The van der Waals surface area contributed by atoms with Crippen LogP contribution in [0.5, 0.6) is 0 Å². The van der Waals surface area contributed by atoms with Gasteiger partial charge in [-0.2, -0.15) is 0 Å². The molecule has 1 aromatic rings. The van der Waals surface area contributed by atoms with Crippen LogP contribution in [-0.4, -0.2) is 39.7 Å². The number of hydrogen-bond acceptors (Lipinski definition) is 4. The summed E-state index contributed by atoms with van der Waals surface area (Å²) in [4.78, 5) is 35.6. The van der Waals surface area contributed by atoms with Gasteiger partial charge in [0.05, 0.1) is 6.61 Å². The summed E-state index contributed by atoms with van der Waals surface area (Å²) in [5, 5.41) is 17.9. The van der Waals surface area contributed by atoms with Crippen molar-refractivity contribution in [3.63, 3.8) is 0 Å². The molecule has 3 N–H and O–H groups in total. The molecule has 1 heterocycles. The third-order valence-corrected chi connectivity index (χ3v) is 2.69. The van der Waals surface area contributed by atoms with E-state index in [4.69, 9.17) is 14.9 Å². The normalized spacial score (nSPS) is 10.2. The fourth-order valence-corrected chi connectivity index (χ4v) is 1.80. The molecular weight excluding hydrogens is 254 g/mol. The molecule has 0 atom stereocenters. The lowest BCUT2D eigenvalue weighted by atomic mass is 10.0. The van der Waals surface area contributed by atoms with Gasteiger partial charge in [0.2, 0.25) is 0 Å². The van der Waals surface area contributed by atoms with Crippen LogP contribution in [0.1, 0.15) is 45.4 Å². The molecule has 0 spiro atoms. The number of carbonyl (C=O) groups is 3. The fraction of sp³-hybridized carbons (Fsp3) is 0.417. The lowest BCUT2D eigenvalue weighted by Gasteiger charge is -2.03. The number of ether oxygens (including phenoxy) is 1. The number of esters is 1. The number of nitrogens with one attached hydrogen (secondary N) is 1. The van der Waals surface area contributed by atoms with Crippen molar-refractivity contribution in [2.75, 3.05) is 6.61 Å². The van der Waals surface area contributed by atoms with E-state index in [-0.39, 0.29) is 30.8 Å². The summed E-state index contributed by atoms with van der Waals surface area (Å²) in [5.41, 5.74) is 0.280. The molecule has 0 aliphatic carbocycles. The smallest absolute Gasteiger partial charge is 0.352 e. The van der Waals surface area contributed by atoms with Gasteiger partial charge >= 0.3 is 17.9 Å². The van der Waals surface area contributed by atoms with Crippen molar-refractivity contribution in [3.8, 4) is 0 Å². The Morgan fingerprint density at radius 3 is 2.21 bits per heavy atom. The first-order chi connectivity index (χ1) is 8.88. The molecule has 7 nitrogen and oxygen atoms in total. The SMILES string of the molecule is CCOC(=O)CCc1c(C(=O)O)[nH]c(C(=O)O)c1C. The van der Waals surface area contributed by atoms with Gasteiger partial charge in [0.15, 0.2) is 0 Å². The molecule has 7 heteroatoms. The van der Waals surface area contributed by atoms with Crippen LogP contribution in [0.4, 0.5) is 0 Å². The molecule has 1 rings (SSSR count). The minimum atomic E-state index is -1.26. The highest BCUT2D eigenvalue weighted by Crippen LogP contribution is 2.20. The van der Waals surface area contributed by atoms with Gasteiger partial charge in [-0.15, -0.1) is 0 Å². The number of carbonyl (C=O) groups excluding carboxylic acids is 1. The van der Waals surface area contributed by atoms with Crippen molar-refractivity contribution in [2.45, 2.75) is 26.7 Å². The van der Waals surface area contributed by atoms with Crippen molar-refractivity contribution in [1.29, 1.82) is 0 Å². The van der Waals surface area contributed by atoms with Crippen LogP contribution in [0.25, 0.3) is 0 Å². The molecule has 0 aliphatic rings. The second-order valence-electron chi connectivity index (χ2n) is 3.89. The Bertz CT molecular complexity index is 517. The highest BCUT2D eigenvalue weighted by Gasteiger charge is 2.22. The number of aromatic nitrogens is 1. The van der Waals surface area contributed by atoms with Gasteiger partial charge in [-0.3, -0.25) is 4.79 Å². The van der Waals surface area contributed by atoms with Crippen molar-refractivity contribution in [1.82, 2.24) is 4.98 Å². The van der Waals surface area contributed by atoms with Gasteiger partial charge in [-0.25, -0.2) is 9.59 Å². The topological polar surface area (TPSA) is 117 Å². The van der Waals surface area contributed by atoms with E-state index in [0.29, 0.717) is 11.1 Å². The number of carboxylic acids is 2. The highest BCUT2D eigenvalue weighted by molar-refractivity contribution is 5.94. The molecule has 0 saturated heterocycles. The van der Waals surface area contributed by atoms with Crippen LogP contribution in [0.3, 0.4) is 0 Å². The largest absolute Gasteiger partial charge is 0.477 e. The van der Waals surface area contributed by atoms with Crippen molar-refractivity contribution in [2.24, 2.45) is 0 Å². The molecule has 0 unspecified atom stereocenters. The summed E-state index contributed by atoms with van der Waals surface area (Å²) in [6.07, 6.45) is 0.127. The average molecular weight is 269 g/mol. The van der Waals surface area contributed by atoms with Gasteiger partial charge in [0, 0.05) is 6.42 Å². The van der Waals surface area contributed by atoms with Crippen LogP contribution in [0.15, 0.2) is 0 Å². The van der Waals surface area contributed by atoms with Gasteiger partial charge in [0.1, 0.15) is 11.4 Å². The second kappa shape index (κ2) is 6.03. The Kier molecular flexibility index (Phi) is 4.68. The molecular formula is C12H15NO6. The van der Waals surface area contributed by atoms with Crippen LogP contribution < -0.4 is 0 Å². The predicted octanol–water partition coefficient (Wildman–Crippen LogP) is 1.22. The van der Waals surface area contributed by atoms with Crippen molar-refractivity contribution >= 4 is 17.9 Å². The van der Waals surface area contributed by atoms with E-state index in [0.717, 1.165) is 0 Å². The van der Waals surface area contributed by atoms with E-state index in [2.05, 4.69) is 4.98 Å². The standard InChI is InChI=1S/C12H15NO6/c1-3-19-8(14)5-4-7-6(2)9(11(15)16)13-10(7)12(17)18/h13H,3-5H2,1-2H3,(H,15,16)(H,17,18). The Hall–Kier alpha value is -2.31. The summed E-state index contributed by atoms with van der Waals surface area (Å²) in [6, 6.07) is 0. The monoisotopic (exact) mass is 269 g/mol. The van der Waals surface area contributed by atoms with E-state index in [1.54, 1.807) is 6.92 Å². The Morgan fingerprint density at radius 1 is 1.16 bits per heavy atom. The zero-order valence-corrected chi connectivity index (χ0v) is 10.6. The number of aromatic carboxylic acids is 2. The molecule has 104 valence electrons. The van der Waals surface area contributed by atoms with E-state index in [9.17, 15) is 14.4 Å². The zero-order valence-electron chi connectivity index (χ0n) is 10.6. The predicted molar refractivity (Wildman–Crippen MR) is 64.4 cm³/mol. The molecule has 0 aliphatic heterocycles. The summed E-state index contributed by atoms with van der Waals surface area (Å²) in [6.45, 7) is 3.43. The minimum absolute atomic E-state index is 0.00583. The third-order valence-electron chi connectivity index (χ3n) is 2.69. The summed E-state index contributed by atoms with van der Waals surface area (Å²) in [5.74, 6) is -2.94. The van der Waals surface area contributed by atoms with Crippen LogP contribution >= 0.6 is 0 Å². The molecule has 0 saturated carbocycles. The number of H-pyrrole nitrogens is 1. The van der Waals surface area contributed by atoms with Crippen LogP contribution in [0, 0.1) is 6.92 Å². The number of aromatic amines is 1. The zero-order chi connectivity index (χ0) is 14.6. The molecule has 0 bridgehead atoms. The van der Waals surface area contributed by atoms with Crippen LogP contribution in [0.2, 0.25) is 0 Å².